The van der Waals surface area contributed by atoms with Crippen molar-refractivity contribution in [3.63, 3.8) is 0 Å². The second-order valence-electron chi connectivity index (χ2n) is 4.36. The Labute approximate surface area is 118 Å². The minimum absolute atomic E-state index is 0.0713. The Kier molecular flexibility index (Phi) is 4.12. The molecule has 0 spiro atoms. The molecule has 3 nitrogen and oxygen atoms in total. The van der Waals surface area contributed by atoms with Crippen LogP contribution in [0.3, 0.4) is 0 Å². The predicted octanol–water partition coefficient (Wildman–Crippen LogP) is 3.59. The summed E-state index contributed by atoms with van der Waals surface area (Å²) in [7, 11) is -3.41. The summed E-state index contributed by atoms with van der Waals surface area (Å²) in [6.45, 7) is 1.91. The van der Waals surface area contributed by atoms with E-state index in [4.69, 9.17) is 11.6 Å². The van der Waals surface area contributed by atoms with E-state index in [0.717, 1.165) is 5.56 Å². The molecular weight excluding hydrogens is 282 g/mol. The van der Waals surface area contributed by atoms with Gasteiger partial charge in [-0.05, 0) is 42.3 Å². The Morgan fingerprint density at radius 2 is 1.79 bits per heavy atom. The number of halogens is 1. The molecule has 0 amide bonds. The molecule has 0 aliphatic heterocycles. The quantitative estimate of drug-likeness (QED) is 0.937. The molecular formula is C14H14ClNO2S. The first-order chi connectivity index (χ1) is 8.94. The molecule has 2 rings (SSSR count). The van der Waals surface area contributed by atoms with Gasteiger partial charge in [-0.3, -0.25) is 4.72 Å². The van der Waals surface area contributed by atoms with Crippen molar-refractivity contribution < 1.29 is 8.42 Å². The third kappa shape index (κ3) is 4.26. The normalized spacial score (nSPS) is 11.3. The van der Waals surface area contributed by atoms with Crippen LogP contribution in [0.25, 0.3) is 0 Å². The number of hydrogen-bond acceptors (Lipinski definition) is 2. The van der Waals surface area contributed by atoms with Crippen molar-refractivity contribution in [2.45, 2.75) is 12.7 Å². The predicted molar refractivity (Wildman–Crippen MR) is 78.9 cm³/mol. The number of anilines is 1. The van der Waals surface area contributed by atoms with Gasteiger partial charge in [-0.25, -0.2) is 8.42 Å². The Hall–Kier alpha value is -1.52. The fourth-order valence-electron chi connectivity index (χ4n) is 1.72. The number of nitrogens with one attached hydrogen (secondary N) is 1. The van der Waals surface area contributed by atoms with E-state index in [-0.39, 0.29) is 5.75 Å². The molecule has 0 atom stereocenters. The molecule has 0 aliphatic carbocycles. The fraction of sp³-hybridized carbons (Fsp3) is 0.143. The van der Waals surface area contributed by atoms with Gasteiger partial charge in [-0.15, -0.1) is 0 Å². The Morgan fingerprint density at radius 1 is 1.11 bits per heavy atom. The van der Waals surface area contributed by atoms with Crippen LogP contribution in [0.2, 0.25) is 5.02 Å². The smallest absolute Gasteiger partial charge is 0.236 e. The standard InChI is InChI=1S/C14H14ClNO2S/c1-11-3-2-4-14(9-11)16-19(17,18)10-12-5-7-13(15)8-6-12/h2-9,16H,10H2,1H3. The second kappa shape index (κ2) is 5.63. The van der Waals surface area contributed by atoms with E-state index in [1.54, 1.807) is 36.4 Å². The summed E-state index contributed by atoms with van der Waals surface area (Å²) in [6, 6.07) is 14.0. The first-order valence-electron chi connectivity index (χ1n) is 5.76. The van der Waals surface area contributed by atoms with E-state index in [2.05, 4.69) is 4.72 Å². The molecule has 0 bridgehead atoms. The molecule has 0 radical (unpaired) electrons. The summed E-state index contributed by atoms with van der Waals surface area (Å²) >= 11 is 5.77. The fourth-order valence-corrected chi connectivity index (χ4v) is 3.04. The van der Waals surface area contributed by atoms with Crippen LogP contribution in [0.5, 0.6) is 0 Å². The van der Waals surface area contributed by atoms with Gasteiger partial charge in [0.05, 0.1) is 5.75 Å². The highest BCUT2D eigenvalue weighted by atomic mass is 35.5. The first kappa shape index (κ1) is 13.9. The molecule has 2 aromatic rings. The number of rotatable bonds is 4. The van der Waals surface area contributed by atoms with Crippen molar-refractivity contribution in [3.05, 3.63) is 64.7 Å². The Morgan fingerprint density at radius 3 is 2.42 bits per heavy atom. The summed E-state index contributed by atoms with van der Waals surface area (Å²) in [5.74, 6) is -0.0713. The summed E-state index contributed by atoms with van der Waals surface area (Å²) in [5.41, 5.74) is 2.28. The SMILES string of the molecule is Cc1cccc(NS(=O)(=O)Cc2ccc(Cl)cc2)c1. The average Bonchev–Trinajstić information content (AvgIpc) is 2.31. The van der Waals surface area contributed by atoms with Gasteiger partial charge in [0.2, 0.25) is 10.0 Å². The average molecular weight is 296 g/mol. The van der Waals surface area contributed by atoms with Crippen molar-refractivity contribution in [3.8, 4) is 0 Å². The summed E-state index contributed by atoms with van der Waals surface area (Å²) in [5, 5.41) is 0.591. The summed E-state index contributed by atoms with van der Waals surface area (Å²) < 4.78 is 26.6. The third-order valence-corrected chi connectivity index (χ3v) is 4.07. The second-order valence-corrected chi connectivity index (χ2v) is 6.52. The van der Waals surface area contributed by atoms with Crippen LogP contribution in [0.1, 0.15) is 11.1 Å². The maximum Gasteiger partial charge on any atom is 0.236 e. The van der Waals surface area contributed by atoms with E-state index >= 15 is 0 Å². The van der Waals surface area contributed by atoms with Gasteiger partial charge in [-0.1, -0.05) is 35.9 Å². The van der Waals surface area contributed by atoms with Gasteiger partial charge >= 0.3 is 0 Å². The van der Waals surface area contributed by atoms with Gasteiger partial charge < -0.3 is 0 Å². The Balaban J connectivity index is 2.13. The van der Waals surface area contributed by atoms with Gasteiger partial charge in [0.15, 0.2) is 0 Å². The zero-order valence-electron chi connectivity index (χ0n) is 10.4. The van der Waals surface area contributed by atoms with Gasteiger partial charge in [0, 0.05) is 10.7 Å². The summed E-state index contributed by atoms with van der Waals surface area (Å²) in [6.07, 6.45) is 0. The molecule has 0 saturated carbocycles. The van der Waals surface area contributed by atoms with Crippen LogP contribution in [0, 0.1) is 6.92 Å². The van der Waals surface area contributed by atoms with E-state index in [9.17, 15) is 8.42 Å². The lowest BCUT2D eigenvalue weighted by atomic mass is 10.2. The molecule has 5 heteroatoms. The molecule has 19 heavy (non-hydrogen) atoms. The molecule has 0 fully saturated rings. The zero-order chi connectivity index (χ0) is 13.9. The molecule has 100 valence electrons. The lowest BCUT2D eigenvalue weighted by molar-refractivity contribution is 0.600. The van der Waals surface area contributed by atoms with Crippen LogP contribution >= 0.6 is 11.6 Å². The molecule has 0 heterocycles. The largest absolute Gasteiger partial charge is 0.283 e. The van der Waals surface area contributed by atoms with Gasteiger partial charge in [0.1, 0.15) is 0 Å². The number of sulfonamides is 1. The first-order valence-corrected chi connectivity index (χ1v) is 7.79. The number of hydrogen-bond donors (Lipinski definition) is 1. The van der Waals surface area contributed by atoms with Gasteiger partial charge in [0.25, 0.3) is 0 Å². The minimum atomic E-state index is -3.41. The highest BCUT2D eigenvalue weighted by Crippen LogP contribution is 2.15. The van der Waals surface area contributed by atoms with E-state index in [0.29, 0.717) is 16.3 Å². The summed E-state index contributed by atoms with van der Waals surface area (Å²) in [4.78, 5) is 0. The highest BCUT2D eigenvalue weighted by Gasteiger charge is 2.11. The van der Waals surface area contributed by atoms with Crippen LogP contribution in [-0.4, -0.2) is 8.42 Å². The molecule has 0 saturated heterocycles. The highest BCUT2D eigenvalue weighted by molar-refractivity contribution is 7.91. The van der Waals surface area contributed by atoms with Crippen LogP contribution < -0.4 is 4.72 Å². The van der Waals surface area contributed by atoms with E-state index in [1.807, 2.05) is 19.1 Å². The topological polar surface area (TPSA) is 46.2 Å². The lowest BCUT2D eigenvalue weighted by Gasteiger charge is -2.08. The molecule has 0 aromatic heterocycles. The molecule has 0 unspecified atom stereocenters. The minimum Gasteiger partial charge on any atom is -0.283 e. The third-order valence-electron chi connectivity index (χ3n) is 2.56. The molecule has 2 aromatic carbocycles. The maximum atomic E-state index is 12.0. The Bertz CT molecular complexity index is 666. The molecule has 1 N–H and O–H groups in total. The number of aryl methyl sites for hydroxylation is 1. The molecule has 0 aliphatic rings. The van der Waals surface area contributed by atoms with Crippen LogP contribution in [0.4, 0.5) is 5.69 Å². The van der Waals surface area contributed by atoms with Gasteiger partial charge in [-0.2, -0.15) is 0 Å². The maximum absolute atomic E-state index is 12.0. The number of benzene rings is 2. The van der Waals surface area contributed by atoms with Crippen molar-refractivity contribution in [1.82, 2.24) is 0 Å². The van der Waals surface area contributed by atoms with Crippen molar-refractivity contribution >= 4 is 27.3 Å². The van der Waals surface area contributed by atoms with Crippen molar-refractivity contribution in [2.24, 2.45) is 0 Å². The zero-order valence-corrected chi connectivity index (χ0v) is 12.0. The van der Waals surface area contributed by atoms with Crippen molar-refractivity contribution in [2.75, 3.05) is 4.72 Å². The van der Waals surface area contributed by atoms with E-state index < -0.39 is 10.0 Å². The monoisotopic (exact) mass is 295 g/mol. The van der Waals surface area contributed by atoms with Crippen LogP contribution in [-0.2, 0) is 15.8 Å². The lowest BCUT2D eigenvalue weighted by Crippen LogP contribution is -2.15. The van der Waals surface area contributed by atoms with Crippen molar-refractivity contribution in [1.29, 1.82) is 0 Å². The van der Waals surface area contributed by atoms with Crippen LogP contribution in [0.15, 0.2) is 48.5 Å². The van der Waals surface area contributed by atoms with E-state index in [1.165, 1.54) is 0 Å².